The van der Waals surface area contributed by atoms with Crippen LogP contribution < -0.4 is 10.1 Å². The van der Waals surface area contributed by atoms with Crippen LogP contribution in [-0.2, 0) is 13.6 Å². The average molecular weight is 368 g/mol. The van der Waals surface area contributed by atoms with Crippen LogP contribution in [0.15, 0.2) is 33.5 Å². The van der Waals surface area contributed by atoms with Gasteiger partial charge in [-0.25, -0.2) is 9.36 Å². The van der Waals surface area contributed by atoms with Gasteiger partial charge in [0, 0.05) is 17.5 Å². The number of benzene rings is 1. The fraction of sp³-hybridized carbons (Fsp3) is 0.500. The molecule has 2 rings (SSSR count). The van der Waals surface area contributed by atoms with Crippen molar-refractivity contribution in [2.45, 2.75) is 46.5 Å². The topological polar surface area (TPSA) is 75.0 Å². The van der Waals surface area contributed by atoms with Crippen molar-refractivity contribution in [2.24, 2.45) is 0 Å². The molecule has 0 aliphatic rings. The van der Waals surface area contributed by atoms with Gasteiger partial charge in [0.25, 0.3) is 0 Å². The van der Waals surface area contributed by atoms with Gasteiger partial charge >= 0.3 is 13.4 Å². The molecular formula is C18H25O6P. The summed E-state index contributed by atoms with van der Waals surface area (Å²) >= 11 is 0. The number of rotatable bonds is 10. The molecule has 0 fully saturated rings. The first-order valence-electron chi connectivity index (χ1n) is 8.60. The zero-order valence-corrected chi connectivity index (χ0v) is 15.8. The van der Waals surface area contributed by atoms with Gasteiger partial charge in [0.2, 0.25) is 0 Å². The Bertz CT molecular complexity index is 798. The van der Waals surface area contributed by atoms with E-state index in [0.29, 0.717) is 12.2 Å². The lowest BCUT2D eigenvalue weighted by Gasteiger charge is -2.18. The Labute approximate surface area is 147 Å². The highest BCUT2D eigenvalue weighted by Crippen LogP contribution is 2.49. The van der Waals surface area contributed by atoms with E-state index in [0.717, 1.165) is 36.6 Å². The largest absolute Gasteiger partial charge is 0.530 e. The van der Waals surface area contributed by atoms with Gasteiger partial charge < -0.3 is 8.94 Å². The molecule has 0 aliphatic carbocycles. The van der Waals surface area contributed by atoms with Crippen molar-refractivity contribution < 1.29 is 22.6 Å². The Morgan fingerprint density at radius 2 is 1.88 bits per heavy atom. The van der Waals surface area contributed by atoms with Crippen molar-refractivity contribution in [3.8, 4) is 5.75 Å². The number of unbranched alkanes of at least 4 members (excludes halogenated alkanes) is 3. The Morgan fingerprint density at radius 1 is 1.08 bits per heavy atom. The molecule has 6 nitrogen and oxygen atoms in total. The summed E-state index contributed by atoms with van der Waals surface area (Å²) in [6.45, 7) is 6.17. The van der Waals surface area contributed by atoms with Gasteiger partial charge in [0.05, 0.1) is 13.2 Å². The molecule has 0 bridgehead atoms. The van der Waals surface area contributed by atoms with Crippen LogP contribution in [0.2, 0.25) is 0 Å². The molecule has 0 radical (unpaired) electrons. The van der Waals surface area contributed by atoms with Crippen LogP contribution in [0.4, 0.5) is 0 Å². The van der Waals surface area contributed by atoms with Crippen LogP contribution in [0, 0.1) is 6.92 Å². The maximum Gasteiger partial charge on any atom is 0.530 e. The Balaban J connectivity index is 2.14. The monoisotopic (exact) mass is 368 g/mol. The smallest absolute Gasteiger partial charge is 0.423 e. The molecule has 1 aromatic carbocycles. The fourth-order valence-corrected chi connectivity index (χ4v) is 3.67. The Hall–Kier alpha value is -1.62. The van der Waals surface area contributed by atoms with Crippen LogP contribution in [0.5, 0.6) is 5.75 Å². The van der Waals surface area contributed by atoms with Crippen molar-refractivity contribution >= 4 is 18.8 Å². The lowest BCUT2D eigenvalue weighted by molar-refractivity contribution is 0.159. The third kappa shape index (κ3) is 5.70. The van der Waals surface area contributed by atoms with Crippen LogP contribution in [0.3, 0.4) is 0 Å². The predicted octanol–water partition coefficient (Wildman–Crippen LogP) is 5.22. The first kappa shape index (κ1) is 19.7. The summed E-state index contributed by atoms with van der Waals surface area (Å²) in [5, 5.41) is 0.790. The first-order valence-corrected chi connectivity index (χ1v) is 10.1. The van der Waals surface area contributed by atoms with Crippen LogP contribution in [-0.4, -0.2) is 13.2 Å². The molecule has 1 unspecified atom stereocenters. The zero-order chi connectivity index (χ0) is 18.3. The molecule has 7 heteroatoms. The summed E-state index contributed by atoms with van der Waals surface area (Å²) < 4.78 is 34.0. The summed E-state index contributed by atoms with van der Waals surface area (Å²) in [7, 11) is -3.71. The predicted molar refractivity (Wildman–Crippen MR) is 97.2 cm³/mol. The van der Waals surface area contributed by atoms with E-state index in [1.807, 2.05) is 6.92 Å². The minimum absolute atomic E-state index is 0.202. The van der Waals surface area contributed by atoms with Crippen molar-refractivity contribution in [2.75, 3.05) is 13.2 Å². The average Bonchev–Trinajstić information content (AvgIpc) is 2.54. The van der Waals surface area contributed by atoms with E-state index in [1.54, 1.807) is 19.1 Å². The highest BCUT2D eigenvalue weighted by atomic mass is 31.2. The number of fused-ring (bicyclic) bond motifs is 1. The molecule has 0 spiro atoms. The molecule has 1 heterocycles. The van der Waals surface area contributed by atoms with E-state index in [2.05, 4.69) is 6.92 Å². The maximum atomic E-state index is 12.7. The van der Waals surface area contributed by atoms with Gasteiger partial charge in [-0.15, -0.1) is 0 Å². The molecule has 1 atom stereocenters. The van der Waals surface area contributed by atoms with E-state index in [1.165, 1.54) is 12.1 Å². The van der Waals surface area contributed by atoms with Gasteiger partial charge in [-0.3, -0.25) is 9.05 Å². The number of phosphoric acid groups is 1. The van der Waals surface area contributed by atoms with Gasteiger partial charge in [-0.2, -0.15) is 0 Å². The zero-order valence-electron chi connectivity index (χ0n) is 14.9. The maximum absolute atomic E-state index is 12.7. The Morgan fingerprint density at radius 3 is 2.60 bits per heavy atom. The van der Waals surface area contributed by atoms with E-state index >= 15 is 0 Å². The molecule has 25 heavy (non-hydrogen) atoms. The third-order valence-electron chi connectivity index (χ3n) is 3.67. The minimum atomic E-state index is -3.71. The molecule has 0 amide bonds. The van der Waals surface area contributed by atoms with Crippen molar-refractivity contribution in [3.05, 3.63) is 40.2 Å². The fourth-order valence-electron chi connectivity index (χ4n) is 2.44. The van der Waals surface area contributed by atoms with Crippen LogP contribution >= 0.6 is 7.82 Å². The second-order valence-corrected chi connectivity index (χ2v) is 7.35. The van der Waals surface area contributed by atoms with Gasteiger partial charge in [-0.05, 0) is 38.0 Å². The molecular weight excluding hydrogens is 343 g/mol. The van der Waals surface area contributed by atoms with Gasteiger partial charge in [0.1, 0.15) is 11.3 Å². The number of phosphoric ester groups is 1. The van der Waals surface area contributed by atoms with E-state index in [4.69, 9.17) is 18.0 Å². The van der Waals surface area contributed by atoms with Crippen LogP contribution in [0.1, 0.15) is 45.1 Å². The van der Waals surface area contributed by atoms with Gasteiger partial charge in [0.15, 0.2) is 0 Å². The number of hydrogen-bond acceptors (Lipinski definition) is 6. The standard InChI is InChI=1S/C18H25O6P/c1-4-6-7-8-11-22-25(20,21-5-2)24-15-9-10-16-14(3)12-18(19)23-17(16)13-15/h9-10,12-13H,4-8,11H2,1-3H3. The highest BCUT2D eigenvalue weighted by Gasteiger charge is 2.28. The first-order chi connectivity index (χ1) is 12.0. The minimum Gasteiger partial charge on any atom is -0.423 e. The Kier molecular flexibility index (Phi) is 7.24. The van der Waals surface area contributed by atoms with Crippen LogP contribution in [0.25, 0.3) is 11.0 Å². The molecule has 0 saturated heterocycles. The summed E-state index contributed by atoms with van der Waals surface area (Å²) in [5.41, 5.74) is 0.730. The summed E-state index contributed by atoms with van der Waals surface area (Å²) in [4.78, 5) is 11.5. The molecule has 0 saturated carbocycles. The molecule has 2 aromatic rings. The van der Waals surface area contributed by atoms with Gasteiger partial charge in [-0.1, -0.05) is 26.2 Å². The third-order valence-corrected chi connectivity index (χ3v) is 5.18. The summed E-state index contributed by atoms with van der Waals surface area (Å²) in [5.74, 6) is 0.270. The lowest BCUT2D eigenvalue weighted by atomic mass is 10.1. The van der Waals surface area contributed by atoms with Crippen molar-refractivity contribution in [1.82, 2.24) is 0 Å². The highest BCUT2D eigenvalue weighted by molar-refractivity contribution is 7.48. The number of aryl methyl sites for hydroxylation is 1. The molecule has 0 N–H and O–H groups in total. The quantitative estimate of drug-likeness (QED) is 0.325. The molecule has 0 aliphatic heterocycles. The van der Waals surface area contributed by atoms with Crippen molar-refractivity contribution in [3.63, 3.8) is 0 Å². The number of hydrogen-bond donors (Lipinski definition) is 0. The van der Waals surface area contributed by atoms with Crippen molar-refractivity contribution in [1.29, 1.82) is 0 Å². The second kappa shape index (κ2) is 9.18. The lowest BCUT2D eigenvalue weighted by Crippen LogP contribution is -2.04. The van der Waals surface area contributed by atoms with E-state index in [-0.39, 0.29) is 12.4 Å². The van der Waals surface area contributed by atoms with E-state index < -0.39 is 13.4 Å². The molecule has 138 valence electrons. The second-order valence-electron chi connectivity index (χ2n) is 5.76. The van der Waals surface area contributed by atoms with E-state index in [9.17, 15) is 9.36 Å². The summed E-state index contributed by atoms with van der Waals surface area (Å²) in [6, 6.07) is 6.35. The molecule has 1 aromatic heterocycles. The normalized spacial score (nSPS) is 13.7. The summed E-state index contributed by atoms with van der Waals surface area (Å²) in [6.07, 6.45) is 4.01. The SMILES string of the molecule is CCCCCCOP(=O)(OCC)Oc1ccc2c(C)cc(=O)oc2c1.